The average Bonchev–Trinajstić information content (AvgIpc) is 2.72. The first-order valence-electron chi connectivity index (χ1n) is 4.48. The van der Waals surface area contributed by atoms with Gasteiger partial charge in [-0.2, -0.15) is 0 Å². The summed E-state index contributed by atoms with van der Waals surface area (Å²) in [4.78, 5) is 0. The van der Waals surface area contributed by atoms with Crippen LogP contribution < -0.4 is 5.32 Å². The zero-order valence-corrected chi connectivity index (χ0v) is 9.14. The predicted molar refractivity (Wildman–Crippen MR) is 56.8 cm³/mol. The molecule has 0 amide bonds. The highest BCUT2D eigenvalue weighted by atomic mass is 35.5. The molecule has 2 heterocycles. The molecule has 0 unspecified atom stereocenters. The second kappa shape index (κ2) is 4.59. The number of nitrogens with one attached hydrogen (secondary N) is 1. The fourth-order valence-corrected chi connectivity index (χ4v) is 2.35. The van der Waals surface area contributed by atoms with Gasteiger partial charge in [0.1, 0.15) is 0 Å². The second-order valence-corrected chi connectivity index (χ2v) is 4.83. The van der Waals surface area contributed by atoms with E-state index in [1.165, 1.54) is 11.3 Å². The lowest BCUT2D eigenvalue weighted by Gasteiger charge is -2.13. The van der Waals surface area contributed by atoms with Gasteiger partial charge in [0.05, 0.1) is 29.7 Å². The van der Waals surface area contributed by atoms with E-state index in [0.29, 0.717) is 19.8 Å². The third-order valence-electron chi connectivity index (χ3n) is 2.30. The van der Waals surface area contributed by atoms with Gasteiger partial charge in [-0.1, -0.05) is 11.6 Å². The van der Waals surface area contributed by atoms with E-state index in [0.717, 1.165) is 9.90 Å². The lowest BCUT2D eigenvalue weighted by Crippen LogP contribution is -2.38. The normalized spacial score (nSPS) is 27.0. The Morgan fingerprint density at radius 1 is 1.64 bits per heavy atom. The molecule has 1 aliphatic heterocycles. The monoisotopic (exact) mass is 233 g/mol. The van der Waals surface area contributed by atoms with Crippen LogP contribution in [0.3, 0.4) is 0 Å². The van der Waals surface area contributed by atoms with Crippen LogP contribution in [0.4, 0.5) is 0 Å². The third-order valence-corrected chi connectivity index (χ3v) is 3.55. The van der Waals surface area contributed by atoms with Crippen molar-refractivity contribution >= 4 is 22.9 Å². The van der Waals surface area contributed by atoms with Gasteiger partial charge in [0, 0.05) is 6.54 Å². The Hall–Kier alpha value is -0.130. The highest BCUT2D eigenvalue weighted by Crippen LogP contribution is 2.22. The van der Waals surface area contributed by atoms with Crippen LogP contribution in [0.15, 0.2) is 11.4 Å². The topological polar surface area (TPSA) is 41.5 Å². The van der Waals surface area contributed by atoms with Crippen molar-refractivity contribution in [1.82, 2.24) is 5.32 Å². The lowest BCUT2D eigenvalue weighted by molar-refractivity contribution is 0.122. The fraction of sp³-hybridized carbons (Fsp3) is 0.556. The molecule has 1 aromatic rings. The van der Waals surface area contributed by atoms with Crippen LogP contribution in [0.2, 0.25) is 4.34 Å². The molecule has 1 aliphatic rings. The van der Waals surface area contributed by atoms with Gasteiger partial charge in [-0.15, -0.1) is 11.3 Å². The van der Waals surface area contributed by atoms with E-state index in [1.807, 2.05) is 11.4 Å². The van der Waals surface area contributed by atoms with Crippen molar-refractivity contribution in [3.05, 3.63) is 21.3 Å². The molecule has 0 radical (unpaired) electrons. The van der Waals surface area contributed by atoms with Crippen LogP contribution in [-0.2, 0) is 11.3 Å². The highest BCUT2D eigenvalue weighted by Gasteiger charge is 2.25. The number of hydrogen-bond donors (Lipinski definition) is 2. The number of rotatable bonds is 3. The number of aliphatic hydroxyl groups is 1. The fourth-order valence-electron chi connectivity index (χ4n) is 1.42. The van der Waals surface area contributed by atoms with Gasteiger partial charge >= 0.3 is 0 Å². The number of halogens is 1. The van der Waals surface area contributed by atoms with E-state index >= 15 is 0 Å². The molecule has 0 spiro atoms. The largest absolute Gasteiger partial charge is 0.389 e. The molecule has 2 atom stereocenters. The summed E-state index contributed by atoms with van der Waals surface area (Å²) in [7, 11) is 0. The Kier molecular flexibility index (Phi) is 3.41. The second-order valence-electron chi connectivity index (χ2n) is 3.31. The molecule has 0 aromatic carbocycles. The van der Waals surface area contributed by atoms with E-state index in [9.17, 15) is 5.11 Å². The first-order chi connectivity index (χ1) is 6.77. The summed E-state index contributed by atoms with van der Waals surface area (Å²) >= 11 is 7.47. The van der Waals surface area contributed by atoms with Crippen LogP contribution in [0.5, 0.6) is 0 Å². The number of thiophene rings is 1. The smallest absolute Gasteiger partial charge is 0.0973 e. The van der Waals surface area contributed by atoms with Gasteiger partial charge < -0.3 is 15.2 Å². The minimum Gasteiger partial charge on any atom is -0.389 e. The number of aliphatic hydroxyl groups excluding tert-OH is 1. The molecule has 1 aromatic heterocycles. The molecule has 0 bridgehead atoms. The van der Waals surface area contributed by atoms with Crippen LogP contribution in [0.1, 0.15) is 5.56 Å². The van der Waals surface area contributed by atoms with Crippen LogP contribution >= 0.6 is 22.9 Å². The van der Waals surface area contributed by atoms with Crippen LogP contribution in [-0.4, -0.2) is 30.5 Å². The molecule has 0 saturated carbocycles. The Balaban J connectivity index is 1.85. The first kappa shape index (κ1) is 10.4. The van der Waals surface area contributed by atoms with Gasteiger partial charge in [0.15, 0.2) is 0 Å². The molecule has 14 heavy (non-hydrogen) atoms. The zero-order valence-electron chi connectivity index (χ0n) is 7.57. The highest BCUT2D eigenvalue weighted by molar-refractivity contribution is 7.14. The van der Waals surface area contributed by atoms with E-state index in [-0.39, 0.29) is 6.04 Å². The van der Waals surface area contributed by atoms with Crippen LogP contribution in [0.25, 0.3) is 0 Å². The summed E-state index contributed by atoms with van der Waals surface area (Å²) in [5.74, 6) is 0. The Labute approximate surface area is 91.7 Å². The predicted octanol–water partition coefficient (Wildman–Crippen LogP) is 1.25. The molecule has 3 nitrogen and oxygen atoms in total. The third kappa shape index (κ3) is 2.27. The SMILES string of the molecule is O[C@@H]1COC[C@H]1NCc1ccsc1Cl. The van der Waals surface area contributed by atoms with Crippen LogP contribution in [0, 0.1) is 0 Å². The summed E-state index contributed by atoms with van der Waals surface area (Å²) in [6, 6.07) is 2.02. The molecular weight excluding hydrogens is 222 g/mol. The van der Waals surface area contributed by atoms with Crippen molar-refractivity contribution in [1.29, 1.82) is 0 Å². The summed E-state index contributed by atoms with van der Waals surface area (Å²) in [6.45, 7) is 1.69. The maximum absolute atomic E-state index is 9.47. The van der Waals surface area contributed by atoms with Gasteiger partial charge in [-0.05, 0) is 17.0 Å². The lowest BCUT2D eigenvalue weighted by atomic mass is 10.2. The van der Waals surface area contributed by atoms with Gasteiger partial charge in [0.25, 0.3) is 0 Å². The Morgan fingerprint density at radius 2 is 2.50 bits per heavy atom. The van der Waals surface area contributed by atoms with Crippen molar-refractivity contribution in [2.75, 3.05) is 13.2 Å². The van der Waals surface area contributed by atoms with Gasteiger partial charge in [-0.25, -0.2) is 0 Å². The maximum atomic E-state index is 9.47. The minimum atomic E-state index is -0.396. The minimum absolute atomic E-state index is 0.0333. The Bertz CT molecular complexity index is 305. The van der Waals surface area contributed by atoms with E-state index in [1.54, 1.807) is 0 Å². The summed E-state index contributed by atoms with van der Waals surface area (Å²) in [5, 5.41) is 14.7. The molecule has 1 fully saturated rings. The number of hydrogen-bond acceptors (Lipinski definition) is 4. The van der Waals surface area contributed by atoms with Gasteiger partial charge in [-0.3, -0.25) is 0 Å². The molecule has 78 valence electrons. The zero-order chi connectivity index (χ0) is 9.97. The molecule has 2 N–H and O–H groups in total. The van der Waals surface area contributed by atoms with Crippen molar-refractivity contribution in [3.8, 4) is 0 Å². The molecule has 2 rings (SSSR count). The molecule has 5 heteroatoms. The van der Waals surface area contributed by atoms with Gasteiger partial charge in [0.2, 0.25) is 0 Å². The van der Waals surface area contributed by atoms with Crippen molar-refractivity contribution in [2.24, 2.45) is 0 Å². The summed E-state index contributed by atoms with van der Waals surface area (Å²) < 4.78 is 5.94. The average molecular weight is 234 g/mol. The Morgan fingerprint density at radius 3 is 3.07 bits per heavy atom. The summed E-state index contributed by atoms with van der Waals surface area (Å²) in [5.41, 5.74) is 1.08. The summed E-state index contributed by atoms with van der Waals surface area (Å²) in [6.07, 6.45) is -0.396. The van der Waals surface area contributed by atoms with E-state index < -0.39 is 6.10 Å². The van der Waals surface area contributed by atoms with Crippen molar-refractivity contribution in [2.45, 2.75) is 18.7 Å². The van der Waals surface area contributed by atoms with E-state index in [2.05, 4.69) is 5.32 Å². The first-order valence-corrected chi connectivity index (χ1v) is 5.74. The van der Waals surface area contributed by atoms with Crippen molar-refractivity contribution in [3.63, 3.8) is 0 Å². The molecular formula is C9H12ClNO2S. The van der Waals surface area contributed by atoms with Crippen molar-refractivity contribution < 1.29 is 9.84 Å². The maximum Gasteiger partial charge on any atom is 0.0973 e. The molecule has 1 saturated heterocycles. The molecule has 0 aliphatic carbocycles. The standard InChI is InChI=1S/C9H12ClNO2S/c10-9-6(1-2-14-9)3-11-7-4-13-5-8(7)12/h1-2,7-8,11-12H,3-5H2/t7-,8-/m1/s1. The van der Waals surface area contributed by atoms with E-state index in [4.69, 9.17) is 16.3 Å². The quantitative estimate of drug-likeness (QED) is 0.826. The number of ether oxygens (including phenoxy) is 1.